The van der Waals surface area contributed by atoms with Crippen LogP contribution in [0.15, 0.2) is 53.9 Å². The fourth-order valence-electron chi connectivity index (χ4n) is 2.99. The second-order valence-electron chi connectivity index (χ2n) is 6.03. The molecule has 144 valence electrons. The molecule has 0 N–H and O–H groups in total. The molecular formula is C19H17N3O5S. The average Bonchev–Trinajstić information content (AvgIpc) is 3.20. The molecule has 28 heavy (non-hydrogen) atoms. The van der Waals surface area contributed by atoms with Crippen molar-refractivity contribution in [3.63, 3.8) is 0 Å². The lowest BCUT2D eigenvalue weighted by Gasteiger charge is -2.20. The van der Waals surface area contributed by atoms with Gasteiger partial charge in [-0.1, -0.05) is 17.8 Å². The summed E-state index contributed by atoms with van der Waals surface area (Å²) in [5.74, 6) is 1.89. The lowest BCUT2D eigenvalue weighted by Crippen LogP contribution is -2.13. The van der Waals surface area contributed by atoms with Crippen LogP contribution < -0.4 is 9.47 Å². The van der Waals surface area contributed by atoms with Crippen molar-refractivity contribution in [3.05, 3.63) is 70.0 Å². The van der Waals surface area contributed by atoms with E-state index in [-0.39, 0.29) is 12.5 Å². The van der Waals surface area contributed by atoms with Gasteiger partial charge in [-0.3, -0.25) is 14.7 Å². The molecule has 1 aliphatic heterocycles. The molecule has 0 atom stereocenters. The number of aromatic nitrogens is 2. The number of methoxy groups -OCH3 is 1. The normalized spacial score (nSPS) is 12.9. The first-order chi connectivity index (χ1) is 13.7. The number of benzene rings is 2. The van der Waals surface area contributed by atoms with Gasteiger partial charge >= 0.3 is 0 Å². The Hall–Kier alpha value is -3.04. The fourth-order valence-corrected chi connectivity index (χ4v) is 3.93. The van der Waals surface area contributed by atoms with E-state index in [1.54, 1.807) is 19.4 Å². The summed E-state index contributed by atoms with van der Waals surface area (Å²) < 4.78 is 18.1. The third-order valence-electron chi connectivity index (χ3n) is 4.28. The summed E-state index contributed by atoms with van der Waals surface area (Å²) in [6.45, 7) is 0.439. The molecule has 9 heteroatoms. The Morgan fingerprint density at radius 1 is 1.36 bits per heavy atom. The Labute approximate surface area is 165 Å². The van der Waals surface area contributed by atoms with Crippen LogP contribution in [0.4, 0.5) is 5.69 Å². The molecule has 2 heterocycles. The number of hydrogen-bond acceptors (Lipinski definition) is 7. The average molecular weight is 399 g/mol. The fraction of sp³-hybridized carbons (Fsp3) is 0.211. The number of imidazole rings is 1. The molecule has 3 aromatic rings. The van der Waals surface area contributed by atoms with Crippen molar-refractivity contribution < 1.29 is 19.1 Å². The van der Waals surface area contributed by atoms with Crippen LogP contribution in [-0.4, -0.2) is 28.4 Å². The highest BCUT2D eigenvalue weighted by atomic mass is 32.2. The first-order valence-corrected chi connectivity index (χ1v) is 9.45. The van der Waals surface area contributed by atoms with Crippen LogP contribution >= 0.6 is 11.8 Å². The Balaban J connectivity index is 1.61. The van der Waals surface area contributed by atoms with Gasteiger partial charge in [-0.15, -0.1) is 0 Å². The highest BCUT2D eigenvalue weighted by molar-refractivity contribution is 7.98. The number of nitrogens with zero attached hydrogens (tertiary/aromatic N) is 3. The first-order valence-electron chi connectivity index (χ1n) is 8.47. The van der Waals surface area contributed by atoms with E-state index >= 15 is 0 Å². The molecular weight excluding hydrogens is 382 g/mol. The number of hydrogen-bond donors (Lipinski definition) is 0. The van der Waals surface area contributed by atoms with Gasteiger partial charge in [0.15, 0.2) is 11.9 Å². The minimum absolute atomic E-state index is 0.0274. The zero-order chi connectivity index (χ0) is 19.5. The van der Waals surface area contributed by atoms with Crippen LogP contribution in [0.2, 0.25) is 0 Å². The Kier molecular flexibility index (Phi) is 5.18. The molecule has 4 rings (SSSR count). The van der Waals surface area contributed by atoms with Gasteiger partial charge in [0.2, 0.25) is 0 Å². The SMILES string of the molecule is COc1cccc(-n2ccnc2SCc2cc([N+](=O)[O-])cc3c2OCOC3)c1. The lowest BCUT2D eigenvalue weighted by molar-refractivity contribution is -0.385. The molecule has 0 saturated carbocycles. The van der Waals surface area contributed by atoms with Gasteiger partial charge in [0.25, 0.3) is 5.69 Å². The summed E-state index contributed by atoms with van der Waals surface area (Å²) in [5.41, 5.74) is 2.38. The second-order valence-corrected chi connectivity index (χ2v) is 6.97. The number of fused-ring (bicyclic) bond motifs is 1. The van der Waals surface area contributed by atoms with Crippen molar-refractivity contribution in [2.45, 2.75) is 17.5 Å². The van der Waals surface area contributed by atoms with Crippen LogP contribution in [0.1, 0.15) is 11.1 Å². The lowest BCUT2D eigenvalue weighted by atomic mass is 10.1. The van der Waals surface area contributed by atoms with Gasteiger partial charge in [0.05, 0.1) is 24.3 Å². The molecule has 0 saturated heterocycles. The Morgan fingerprint density at radius 2 is 2.25 bits per heavy atom. The molecule has 2 aromatic carbocycles. The molecule has 1 aliphatic rings. The molecule has 0 spiro atoms. The predicted octanol–water partition coefficient (Wildman–Crippen LogP) is 3.95. The summed E-state index contributed by atoms with van der Waals surface area (Å²) in [7, 11) is 1.62. The standard InChI is InChI=1S/C19H17N3O5S/c1-25-17-4-2-3-15(9-17)21-6-5-20-19(21)28-11-14-8-16(22(23)24)7-13-10-26-12-27-18(13)14/h2-9H,10-12H2,1H3. The number of non-ortho nitro benzene ring substituents is 1. The number of ether oxygens (including phenoxy) is 3. The molecule has 0 unspecified atom stereocenters. The minimum Gasteiger partial charge on any atom is -0.497 e. The molecule has 0 aliphatic carbocycles. The van der Waals surface area contributed by atoms with Gasteiger partial charge in [0, 0.05) is 47.5 Å². The molecule has 1 aromatic heterocycles. The zero-order valence-electron chi connectivity index (χ0n) is 15.0. The van der Waals surface area contributed by atoms with E-state index in [9.17, 15) is 10.1 Å². The second kappa shape index (κ2) is 7.91. The van der Waals surface area contributed by atoms with Crippen LogP contribution in [0.5, 0.6) is 11.5 Å². The topological polar surface area (TPSA) is 88.7 Å². The van der Waals surface area contributed by atoms with Gasteiger partial charge < -0.3 is 14.2 Å². The maximum atomic E-state index is 11.3. The van der Waals surface area contributed by atoms with Crippen LogP contribution in [0.25, 0.3) is 5.69 Å². The van der Waals surface area contributed by atoms with Gasteiger partial charge in [-0.05, 0) is 12.1 Å². The van der Waals surface area contributed by atoms with E-state index in [0.29, 0.717) is 23.7 Å². The largest absolute Gasteiger partial charge is 0.497 e. The molecule has 0 amide bonds. The highest BCUT2D eigenvalue weighted by Gasteiger charge is 2.21. The number of rotatable bonds is 6. The third-order valence-corrected chi connectivity index (χ3v) is 5.29. The van der Waals surface area contributed by atoms with Crippen molar-refractivity contribution in [2.24, 2.45) is 0 Å². The van der Waals surface area contributed by atoms with Gasteiger partial charge in [0.1, 0.15) is 11.5 Å². The van der Waals surface area contributed by atoms with Crippen LogP contribution in [-0.2, 0) is 17.1 Å². The van der Waals surface area contributed by atoms with E-state index in [0.717, 1.165) is 22.2 Å². The van der Waals surface area contributed by atoms with Crippen LogP contribution in [0, 0.1) is 10.1 Å². The third kappa shape index (κ3) is 3.67. The molecule has 0 bridgehead atoms. The summed E-state index contributed by atoms with van der Waals surface area (Å²) in [5, 5.41) is 12.0. The van der Waals surface area contributed by atoms with Crippen molar-refractivity contribution in [3.8, 4) is 17.2 Å². The van der Waals surface area contributed by atoms with E-state index in [4.69, 9.17) is 14.2 Å². The molecule has 0 fully saturated rings. The van der Waals surface area contributed by atoms with Gasteiger partial charge in [-0.2, -0.15) is 0 Å². The summed E-state index contributed by atoms with van der Waals surface area (Å²) in [4.78, 5) is 15.3. The van der Waals surface area contributed by atoms with Crippen molar-refractivity contribution in [1.82, 2.24) is 9.55 Å². The van der Waals surface area contributed by atoms with Gasteiger partial charge in [-0.25, -0.2) is 4.98 Å². The smallest absolute Gasteiger partial charge is 0.270 e. The Morgan fingerprint density at radius 3 is 3.07 bits per heavy atom. The number of nitro groups is 1. The quantitative estimate of drug-likeness (QED) is 0.352. The Bertz CT molecular complexity index is 1020. The first kappa shape index (κ1) is 18.3. The van der Waals surface area contributed by atoms with E-state index in [1.807, 2.05) is 35.0 Å². The zero-order valence-corrected chi connectivity index (χ0v) is 15.8. The summed E-state index contributed by atoms with van der Waals surface area (Å²) in [6, 6.07) is 10.7. The maximum Gasteiger partial charge on any atom is 0.270 e. The molecule has 8 nitrogen and oxygen atoms in total. The predicted molar refractivity (Wildman–Crippen MR) is 103 cm³/mol. The van der Waals surface area contributed by atoms with E-state index < -0.39 is 4.92 Å². The minimum atomic E-state index is -0.403. The van der Waals surface area contributed by atoms with Crippen molar-refractivity contribution in [1.29, 1.82) is 0 Å². The monoisotopic (exact) mass is 399 g/mol. The van der Waals surface area contributed by atoms with Crippen molar-refractivity contribution in [2.75, 3.05) is 13.9 Å². The van der Waals surface area contributed by atoms with Crippen molar-refractivity contribution >= 4 is 17.4 Å². The number of nitro benzene ring substituents is 1. The summed E-state index contributed by atoms with van der Waals surface area (Å²) in [6.07, 6.45) is 3.58. The summed E-state index contributed by atoms with van der Waals surface area (Å²) >= 11 is 1.48. The van der Waals surface area contributed by atoms with E-state index in [1.165, 1.54) is 17.8 Å². The highest BCUT2D eigenvalue weighted by Crippen LogP contribution is 2.36. The van der Waals surface area contributed by atoms with Crippen LogP contribution in [0.3, 0.4) is 0 Å². The number of thioether (sulfide) groups is 1. The van der Waals surface area contributed by atoms with E-state index in [2.05, 4.69) is 4.98 Å². The molecule has 0 radical (unpaired) electrons. The maximum absolute atomic E-state index is 11.3.